The molecule has 0 unspecified atom stereocenters. The summed E-state index contributed by atoms with van der Waals surface area (Å²) in [5.41, 5.74) is 8.68. The Labute approximate surface area is 222 Å². The zero-order valence-corrected chi connectivity index (χ0v) is 22.2. The van der Waals surface area contributed by atoms with E-state index in [-0.39, 0.29) is 0 Å². The number of fused-ring (bicyclic) bond motifs is 6. The van der Waals surface area contributed by atoms with Crippen molar-refractivity contribution in [3.63, 3.8) is 0 Å². The van der Waals surface area contributed by atoms with Gasteiger partial charge in [0.25, 0.3) is 0 Å². The Kier molecular flexibility index (Phi) is 5.16. The van der Waals surface area contributed by atoms with Gasteiger partial charge in [0.2, 0.25) is 0 Å². The summed E-state index contributed by atoms with van der Waals surface area (Å²) in [4.78, 5) is 5.24. The topological polar surface area (TPSA) is 31.0 Å². The summed E-state index contributed by atoms with van der Waals surface area (Å²) in [6, 6.07) is 34.4. The van der Waals surface area contributed by atoms with Gasteiger partial charge in [-0.25, -0.2) is 4.98 Å². The number of furan rings is 1. The molecule has 7 rings (SSSR count). The quantitative estimate of drug-likeness (QED) is 0.244. The molecule has 0 aliphatic carbocycles. The van der Waals surface area contributed by atoms with Crippen molar-refractivity contribution in [2.45, 2.75) is 39.5 Å². The van der Waals surface area contributed by atoms with Crippen molar-refractivity contribution in [1.29, 1.82) is 0 Å². The molecule has 0 radical (unpaired) electrons. The number of nitrogens with zero attached hydrogens (tertiary/aromatic N) is 2. The molecular weight excluding hydrogens is 464 g/mol. The van der Waals surface area contributed by atoms with Crippen LogP contribution in [0.1, 0.15) is 50.7 Å². The standard InChI is InChI=1S/C35H30N2O/c1-21(2)26-15-10-16-27(22(3)4)32(26)37-33-30(36-35(37)23-11-6-5-7-12-23)18-17-28-29-19-24-13-8-9-14-25(24)20-31(29)38-34(28)33/h5-22H,1-4H3. The molecule has 0 aliphatic heterocycles. The maximum atomic E-state index is 6.73. The first-order chi connectivity index (χ1) is 18.5. The molecule has 3 heteroatoms. The van der Waals surface area contributed by atoms with E-state index in [9.17, 15) is 0 Å². The summed E-state index contributed by atoms with van der Waals surface area (Å²) in [5, 5.41) is 4.65. The Balaban J connectivity index is 1.68. The zero-order chi connectivity index (χ0) is 26.0. The molecule has 2 heterocycles. The van der Waals surface area contributed by atoms with E-state index in [2.05, 4.69) is 129 Å². The van der Waals surface area contributed by atoms with E-state index in [1.807, 2.05) is 0 Å². The summed E-state index contributed by atoms with van der Waals surface area (Å²) in [5.74, 6) is 1.64. The van der Waals surface area contributed by atoms with E-state index in [4.69, 9.17) is 9.40 Å². The van der Waals surface area contributed by atoms with Crippen LogP contribution >= 0.6 is 0 Å². The minimum atomic E-state index is 0.352. The maximum Gasteiger partial charge on any atom is 0.161 e. The van der Waals surface area contributed by atoms with Gasteiger partial charge in [-0.15, -0.1) is 0 Å². The Bertz CT molecular complexity index is 1950. The fourth-order valence-electron chi connectivity index (χ4n) is 5.85. The maximum absolute atomic E-state index is 6.73. The van der Waals surface area contributed by atoms with Crippen LogP contribution in [0.4, 0.5) is 0 Å². The van der Waals surface area contributed by atoms with Gasteiger partial charge < -0.3 is 4.42 Å². The summed E-state index contributed by atoms with van der Waals surface area (Å²) >= 11 is 0. The molecule has 0 spiro atoms. The minimum Gasteiger partial charge on any atom is -0.454 e. The van der Waals surface area contributed by atoms with Crippen molar-refractivity contribution in [3.8, 4) is 17.1 Å². The van der Waals surface area contributed by atoms with Crippen LogP contribution in [0, 0.1) is 0 Å². The predicted octanol–water partition coefficient (Wildman–Crippen LogP) is 9.99. The molecule has 0 saturated carbocycles. The number of aromatic nitrogens is 2. The van der Waals surface area contributed by atoms with Crippen molar-refractivity contribution in [2.24, 2.45) is 0 Å². The SMILES string of the molecule is CC(C)c1cccc(C(C)C)c1-n1c(-c2ccccc2)nc2ccc3c4cc5ccccc5cc4oc3c21. The lowest BCUT2D eigenvalue weighted by atomic mass is 9.92. The van der Waals surface area contributed by atoms with Crippen molar-refractivity contribution in [1.82, 2.24) is 9.55 Å². The zero-order valence-electron chi connectivity index (χ0n) is 22.2. The van der Waals surface area contributed by atoms with Gasteiger partial charge in [0.05, 0.1) is 11.2 Å². The Morgan fingerprint density at radius 1 is 0.658 bits per heavy atom. The first-order valence-corrected chi connectivity index (χ1v) is 13.5. The third kappa shape index (κ3) is 3.39. The highest BCUT2D eigenvalue weighted by molar-refractivity contribution is 6.16. The van der Waals surface area contributed by atoms with Crippen LogP contribution in [-0.4, -0.2) is 9.55 Å². The molecule has 2 aromatic heterocycles. The third-order valence-electron chi connectivity index (χ3n) is 7.72. The van der Waals surface area contributed by atoms with E-state index in [1.165, 1.54) is 27.6 Å². The third-order valence-corrected chi connectivity index (χ3v) is 7.72. The Morgan fingerprint density at radius 2 is 1.32 bits per heavy atom. The fraction of sp³-hybridized carbons (Fsp3) is 0.171. The Morgan fingerprint density at radius 3 is 2.00 bits per heavy atom. The molecule has 0 amide bonds. The molecule has 5 aromatic carbocycles. The van der Waals surface area contributed by atoms with Crippen molar-refractivity contribution in [3.05, 3.63) is 108 Å². The molecule has 0 bridgehead atoms. The van der Waals surface area contributed by atoms with E-state index in [1.54, 1.807) is 0 Å². The van der Waals surface area contributed by atoms with Gasteiger partial charge in [-0.2, -0.15) is 0 Å². The molecule has 38 heavy (non-hydrogen) atoms. The van der Waals surface area contributed by atoms with Crippen molar-refractivity contribution in [2.75, 3.05) is 0 Å². The monoisotopic (exact) mass is 494 g/mol. The largest absolute Gasteiger partial charge is 0.454 e. The van der Waals surface area contributed by atoms with Gasteiger partial charge in [-0.05, 0) is 58.0 Å². The normalized spacial score (nSPS) is 12.2. The molecule has 0 fully saturated rings. The second-order valence-electron chi connectivity index (χ2n) is 10.8. The summed E-state index contributed by atoms with van der Waals surface area (Å²) in [7, 11) is 0. The average Bonchev–Trinajstić information content (AvgIpc) is 3.49. The smallest absolute Gasteiger partial charge is 0.161 e. The van der Waals surface area contributed by atoms with E-state index < -0.39 is 0 Å². The molecule has 3 nitrogen and oxygen atoms in total. The van der Waals surface area contributed by atoms with E-state index >= 15 is 0 Å². The summed E-state index contributed by atoms with van der Waals surface area (Å²) < 4.78 is 9.10. The molecule has 7 aromatic rings. The highest BCUT2D eigenvalue weighted by Crippen LogP contribution is 2.42. The van der Waals surface area contributed by atoms with Crippen LogP contribution in [0.3, 0.4) is 0 Å². The number of rotatable bonds is 4. The highest BCUT2D eigenvalue weighted by Gasteiger charge is 2.25. The second kappa shape index (κ2) is 8.59. The second-order valence-corrected chi connectivity index (χ2v) is 10.8. The van der Waals surface area contributed by atoms with E-state index in [0.717, 1.165) is 44.4 Å². The van der Waals surface area contributed by atoms with E-state index in [0.29, 0.717) is 11.8 Å². The van der Waals surface area contributed by atoms with Crippen LogP contribution in [0.25, 0.3) is 60.8 Å². The van der Waals surface area contributed by atoms with Gasteiger partial charge in [0, 0.05) is 16.3 Å². The van der Waals surface area contributed by atoms with Crippen molar-refractivity contribution >= 4 is 43.7 Å². The number of hydrogen-bond acceptors (Lipinski definition) is 2. The van der Waals surface area contributed by atoms with Crippen molar-refractivity contribution < 1.29 is 4.42 Å². The summed E-state index contributed by atoms with van der Waals surface area (Å²) in [6.45, 7) is 9.08. The van der Waals surface area contributed by atoms with Crippen LogP contribution in [-0.2, 0) is 0 Å². The predicted molar refractivity (Wildman–Crippen MR) is 159 cm³/mol. The van der Waals surface area contributed by atoms with Gasteiger partial charge in [0.15, 0.2) is 5.58 Å². The lowest BCUT2D eigenvalue weighted by Crippen LogP contribution is -2.08. The van der Waals surface area contributed by atoms with Gasteiger partial charge in [-0.3, -0.25) is 4.57 Å². The average molecular weight is 495 g/mol. The van der Waals surface area contributed by atoms with Crippen LogP contribution in [0.5, 0.6) is 0 Å². The van der Waals surface area contributed by atoms with Crippen LogP contribution in [0.15, 0.2) is 101 Å². The molecular formula is C35H30N2O. The molecule has 0 aliphatic rings. The number of hydrogen-bond donors (Lipinski definition) is 0. The van der Waals surface area contributed by atoms with Crippen LogP contribution < -0.4 is 0 Å². The first-order valence-electron chi connectivity index (χ1n) is 13.5. The lowest BCUT2D eigenvalue weighted by Gasteiger charge is -2.22. The van der Waals surface area contributed by atoms with Gasteiger partial charge in [0.1, 0.15) is 16.9 Å². The first kappa shape index (κ1) is 22.8. The summed E-state index contributed by atoms with van der Waals surface area (Å²) in [6.07, 6.45) is 0. The number of imidazole rings is 1. The lowest BCUT2D eigenvalue weighted by molar-refractivity contribution is 0.671. The fourth-order valence-corrected chi connectivity index (χ4v) is 5.85. The molecule has 0 saturated heterocycles. The van der Waals surface area contributed by atoms with Gasteiger partial charge >= 0.3 is 0 Å². The highest BCUT2D eigenvalue weighted by atomic mass is 16.3. The number of benzene rings is 5. The molecule has 0 atom stereocenters. The van der Waals surface area contributed by atoms with Gasteiger partial charge in [-0.1, -0.05) is 100 Å². The molecule has 186 valence electrons. The van der Waals surface area contributed by atoms with Crippen LogP contribution in [0.2, 0.25) is 0 Å². The molecule has 0 N–H and O–H groups in total. The minimum absolute atomic E-state index is 0.352. The number of para-hydroxylation sites is 1. The Hall–Kier alpha value is -4.37.